The molecule has 2 aromatic rings. The highest BCUT2D eigenvalue weighted by Crippen LogP contribution is 2.19. The Balaban J connectivity index is 1.73. The number of carboxylic acid groups (broad SMARTS) is 1. The fourth-order valence-electron chi connectivity index (χ4n) is 2.03. The summed E-state index contributed by atoms with van der Waals surface area (Å²) >= 11 is 0. The Morgan fingerprint density at radius 2 is 2.00 bits per heavy atom. The van der Waals surface area contributed by atoms with Crippen LogP contribution in [0.2, 0.25) is 0 Å². The number of benzene rings is 1. The SMILES string of the molecule is O=C(O)CCc1ccccc1OCCCNc1ccccn1. The van der Waals surface area contributed by atoms with Gasteiger partial charge >= 0.3 is 5.97 Å². The summed E-state index contributed by atoms with van der Waals surface area (Å²) in [7, 11) is 0. The van der Waals surface area contributed by atoms with Crippen LogP contribution in [0.5, 0.6) is 5.75 Å². The summed E-state index contributed by atoms with van der Waals surface area (Å²) < 4.78 is 5.75. The molecule has 0 saturated carbocycles. The van der Waals surface area contributed by atoms with Gasteiger partial charge in [0.2, 0.25) is 0 Å². The number of carboxylic acids is 1. The number of para-hydroxylation sites is 1. The van der Waals surface area contributed by atoms with Crippen molar-refractivity contribution in [3.63, 3.8) is 0 Å². The number of hydrogen-bond donors (Lipinski definition) is 2. The molecule has 0 atom stereocenters. The van der Waals surface area contributed by atoms with Gasteiger partial charge in [-0.25, -0.2) is 4.98 Å². The molecular weight excluding hydrogens is 280 g/mol. The summed E-state index contributed by atoms with van der Waals surface area (Å²) in [5.74, 6) is 0.820. The molecule has 2 N–H and O–H groups in total. The number of anilines is 1. The Morgan fingerprint density at radius 1 is 1.18 bits per heavy atom. The standard InChI is InChI=1S/C17H20N2O3/c20-17(21)10-9-14-6-1-2-7-15(14)22-13-5-12-19-16-8-3-4-11-18-16/h1-4,6-8,11H,5,9-10,12-13H2,(H,18,19)(H,20,21). The molecule has 0 aliphatic heterocycles. The Bertz CT molecular complexity index is 587. The zero-order chi connectivity index (χ0) is 15.6. The van der Waals surface area contributed by atoms with Gasteiger partial charge in [-0.15, -0.1) is 0 Å². The van der Waals surface area contributed by atoms with Crippen molar-refractivity contribution in [1.29, 1.82) is 0 Å². The molecule has 0 bridgehead atoms. The number of aliphatic carboxylic acids is 1. The van der Waals surface area contributed by atoms with Gasteiger partial charge in [-0.05, 0) is 36.6 Å². The first-order chi connectivity index (χ1) is 10.8. The second-order valence-electron chi connectivity index (χ2n) is 4.85. The van der Waals surface area contributed by atoms with Crippen LogP contribution < -0.4 is 10.1 Å². The van der Waals surface area contributed by atoms with Crippen molar-refractivity contribution in [2.75, 3.05) is 18.5 Å². The number of aromatic nitrogens is 1. The zero-order valence-electron chi connectivity index (χ0n) is 12.4. The van der Waals surface area contributed by atoms with Gasteiger partial charge in [-0.1, -0.05) is 24.3 Å². The predicted octanol–water partition coefficient (Wildman–Crippen LogP) is 2.98. The second-order valence-corrected chi connectivity index (χ2v) is 4.85. The van der Waals surface area contributed by atoms with E-state index in [2.05, 4.69) is 10.3 Å². The quantitative estimate of drug-likeness (QED) is 0.697. The largest absolute Gasteiger partial charge is 0.493 e. The van der Waals surface area contributed by atoms with E-state index in [0.29, 0.717) is 13.0 Å². The van der Waals surface area contributed by atoms with Crippen LogP contribution >= 0.6 is 0 Å². The smallest absolute Gasteiger partial charge is 0.303 e. The van der Waals surface area contributed by atoms with E-state index >= 15 is 0 Å². The first kappa shape index (κ1) is 15.8. The van der Waals surface area contributed by atoms with Crippen LogP contribution in [0, 0.1) is 0 Å². The van der Waals surface area contributed by atoms with Crippen molar-refractivity contribution in [3.8, 4) is 5.75 Å². The van der Waals surface area contributed by atoms with E-state index in [1.165, 1.54) is 0 Å². The minimum Gasteiger partial charge on any atom is -0.493 e. The van der Waals surface area contributed by atoms with E-state index in [1.807, 2.05) is 42.5 Å². The number of carbonyl (C=O) groups is 1. The summed E-state index contributed by atoms with van der Waals surface area (Å²) in [6.07, 6.45) is 3.18. The predicted molar refractivity (Wildman–Crippen MR) is 85.2 cm³/mol. The van der Waals surface area contributed by atoms with Crippen LogP contribution in [0.4, 0.5) is 5.82 Å². The molecule has 0 spiro atoms. The Morgan fingerprint density at radius 3 is 2.77 bits per heavy atom. The van der Waals surface area contributed by atoms with Crippen LogP contribution in [0.3, 0.4) is 0 Å². The first-order valence-corrected chi connectivity index (χ1v) is 7.33. The lowest BCUT2D eigenvalue weighted by molar-refractivity contribution is -0.136. The van der Waals surface area contributed by atoms with Crippen molar-refractivity contribution >= 4 is 11.8 Å². The molecule has 0 fully saturated rings. The second kappa shape index (κ2) is 8.67. The third kappa shape index (κ3) is 5.44. The molecule has 0 aliphatic carbocycles. The number of nitrogens with one attached hydrogen (secondary N) is 1. The van der Waals surface area contributed by atoms with Crippen molar-refractivity contribution < 1.29 is 14.6 Å². The van der Waals surface area contributed by atoms with Crippen LogP contribution in [0.15, 0.2) is 48.7 Å². The van der Waals surface area contributed by atoms with Crippen molar-refractivity contribution in [3.05, 3.63) is 54.2 Å². The van der Waals surface area contributed by atoms with Gasteiger partial charge in [0.05, 0.1) is 6.61 Å². The van der Waals surface area contributed by atoms with Gasteiger partial charge < -0.3 is 15.2 Å². The Hall–Kier alpha value is -2.56. The molecule has 1 aromatic heterocycles. The molecule has 5 nitrogen and oxygen atoms in total. The highest BCUT2D eigenvalue weighted by molar-refractivity contribution is 5.67. The third-order valence-electron chi connectivity index (χ3n) is 3.13. The first-order valence-electron chi connectivity index (χ1n) is 7.33. The van der Waals surface area contributed by atoms with E-state index in [0.717, 1.165) is 30.1 Å². The highest BCUT2D eigenvalue weighted by Gasteiger charge is 2.05. The molecule has 0 amide bonds. The van der Waals surface area contributed by atoms with Crippen LogP contribution in [0.25, 0.3) is 0 Å². The molecule has 2 rings (SSSR count). The number of nitrogens with zero attached hydrogens (tertiary/aromatic N) is 1. The van der Waals surface area contributed by atoms with E-state index in [-0.39, 0.29) is 6.42 Å². The molecule has 0 saturated heterocycles. The van der Waals surface area contributed by atoms with Gasteiger partial charge in [-0.2, -0.15) is 0 Å². The molecule has 116 valence electrons. The summed E-state index contributed by atoms with van der Waals surface area (Å²) in [5, 5.41) is 12.0. The van der Waals surface area contributed by atoms with E-state index in [1.54, 1.807) is 6.20 Å². The molecular formula is C17H20N2O3. The summed E-state index contributed by atoms with van der Waals surface area (Å²) in [4.78, 5) is 14.8. The maximum absolute atomic E-state index is 10.7. The fourth-order valence-corrected chi connectivity index (χ4v) is 2.03. The fraction of sp³-hybridized carbons (Fsp3) is 0.294. The zero-order valence-corrected chi connectivity index (χ0v) is 12.4. The van der Waals surface area contributed by atoms with Gasteiger partial charge in [0.15, 0.2) is 0 Å². The van der Waals surface area contributed by atoms with E-state index in [4.69, 9.17) is 9.84 Å². The van der Waals surface area contributed by atoms with Crippen molar-refractivity contribution in [1.82, 2.24) is 4.98 Å². The maximum Gasteiger partial charge on any atom is 0.303 e. The van der Waals surface area contributed by atoms with E-state index in [9.17, 15) is 4.79 Å². The van der Waals surface area contributed by atoms with Crippen molar-refractivity contribution in [2.24, 2.45) is 0 Å². The summed E-state index contributed by atoms with van der Waals surface area (Å²) in [6, 6.07) is 13.3. The lowest BCUT2D eigenvalue weighted by atomic mass is 10.1. The number of ether oxygens (including phenoxy) is 1. The van der Waals surface area contributed by atoms with Crippen LogP contribution in [-0.2, 0) is 11.2 Å². The third-order valence-corrected chi connectivity index (χ3v) is 3.13. The number of aryl methyl sites for hydroxylation is 1. The lowest BCUT2D eigenvalue weighted by Crippen LogP contribution is -2.09. The van der Waals surface area contributed by atoms with Crippen LogP contribution in [0.1, 0.15) is 18.4 Å². The Labute approximate surface area is 130 Å². The topological polar surface area (TPSA) is 71.5 Å². The molecule has 0 radical (unpaired) electrons. The van der Waals surface area contributed by atoms with E-state index < -0.39 is 5.97 Å². The molecule has 22 heavy (non-hydrogen) atoms. The molecule has 0 aliphatic rings. The number of pyridine rings is 1. The number of rotatable bonds is 9. The number of hydrogen-bond acceptors (Lipinski definition) is 4. The molecule has 1 aromatic carbocycles. The minimum absolute atomic E-state index is 0.113. The van der Waals surface area contributed by atoms with Gasteiger partial charge in [0.1, 0.15) is 11.6 Å². The molecule has 5 heteroatoms. The lowest BCUT2D eigenvalue weighted by Gasteiger charge is -2.11. The van der Waals surface area contributed by atoms with Gasteiger partial charge in [0.25, 0.3) is 0 Å². The van der Waals surface area contributed by atoms with Crippen molar-refractivity contribution in [2.45, 2.75) is 19.3 Å². The average Bonchev–Trinajstić information content (AvgIpc) is 2.54. The van der Waals surface area contributed by atoms with Crippen LogP contribution in [-0.4, -0.2) is 29.2 Å². The Kier molecular flexibility index (Phi) is 6.23. The highest BCUT2D eigenvalue weighted by atomic mass is 16.5. The maximum atomic E-state index is 10.7. The minimum atomic E-state index is -0.797. The average molecular weight is 300 g/mol. The normalized spacial score (nSPS) is 10.2. The monoisotopic (exact) mass is 300 g/mol. The summed E-state index contributed by atoms with van der Waals surface area (Å²) in [5.41, 5.74) is 0.933. The molecule has 0 unspecified atom stereocenters. The van der Waals surface area contributed by atoms with Gasteiger partial charge in [-0.3, -0.25) is 4.79 Å². The summed E-state index contributed by atoms with van der Waals surface area (Å²) in [6.45, 7) is 1.35. The van der Waals surface area contributed by atoms with Gasteiger partial charge in [0, 0.05) is 19.2 Å². The molecule has 1 heterocycles.